The van der Waals surface area contributed by atoms with Crippen LogP contribution in [0.5, 0.6) is 0 Å². The van der Waals surface area contributed by atoms with Crippen molar-refractivity contribution in [3.8, 4) is 0 Å². The van der Waals surface area contributed by atoms with Gasteiger partial charge in [0.25, 0.3) is 0 Å². The molecule has 116 valence electrons. The third-order valence-corrected chi connectivity index (χ3v) is 3.79. The van der Waals surface area contributed by atoms with Gasteiger partial charge < -0.3 is 14.5 Å². The number of nitrogens with zero attached hydrogens (tertiary/aromatic N) is 3. The minimum absolute atomic E-state index is 0.217. The van der Waals surface area contributed by atoms with E-state index in [4.69, 9.17) is 4.74 Å². The highest BCUT2D eigenvalue weighted by atomic mass is 127. The maximum Gasteiger partial charge on any atom is 0.410 e. The molecule has 0 saturated carbocycles. The first kappa shape index (κ1) is 16.3. The van der Waals surface area contributed by atoms with Crippen LogP contribution in [0.1, 0.15) is 27.2 Å². The lowest BCUT2D eigenvalue weighted by Crippen LogP contribution is -2.39. The Balaban J connectivity index is 1.97. The van der Waals surface area contributed by atoms with E-state index in [1.54, 1.807) is 4.90 Å². The van der Waals surface area contributed by atoms with Crippen molar-refractivity contribution in [2.45, 2.75) is 32.8 Å². The van der Waals surface area contributed by atoms with E-state index in [1.165, 1.54) is 0 Å². The third-order valence-electron chi connectivity index (χ3n) is 3.20. The van der Waals surface area contributed by atoms with Crippen molar-refractivity contribution in [2.24, 2.45) is 0 Å². The fourth-order valence-corrected chi connectivity index (χ4v) is 2.74. The SMILES string of the molecule is CC(C)(C)OC(=O)N1CCCN(c2cncc(I)c2)CC1. The van der Waals surface area contributed by atoms with Gasteiger partial charge in [0.15, 0.2) is 0 Å². The molecule has 0 aromatic carbocycles. The molecule has 0 spiro atoms. The smallest absolute Gasteiger partial charge is 0.410 e. The Labute approximate surface area is 139 Å². The summed E-state index contributed by atoms with van der Waals surface area (Å²) in [6.07, 6.45) is 4.44. The molecule has 0 atom stereocenters. The number of carbonyl (C=O) groups excluding carboxylic acids is 1. The molecule has 2 rings (SSSR count). The standard InChI is InChI=1S/C15H22IN3O2/c1-15(2,3)21-14(20)19-6-4-5-18(7-8-19)13-9-12(16)10-17-11-13/h9-11H,4-8H2,1-3H3. The highest BCUT2D eigenvalue weighted by Crippen LogP contribution is 2.19. The number of carbonyl (C=O) groups is 1. The van der Waals surface area contributed by atoms with Gasteiger partial charge in [0.2, 0.25) is 0 Å². The van der Waals surface area contributed by atoms with Crippen molar-refractivity contribution in [2.75, 3.05) is 31.1 Å². The predicted octanol–water partition coefficient (Wildman–Crippen LogP) is 3.13. The van der Waals surface area contributed by atoms with Crippen LogP contribution in [-0.4, -0.2) is 47.8 Å². The van der Waals surface area contributed by atoms with Crippen molar-refractivity contribution < 1.29 is 9.53 Å². The average molecular weight is 403 g/mol. The van der Waals surface area contributed by atoms with E-state index in [0.717, 1.165) is 35.3 Å². The predicted molar refractivity (Wildman–Crippen MR) is 91.6 cm³/mol. The molecule has 21 heavy (non-hydrogen) atoms. The number of aromatic nitrogens is 1. The fraction of sp³-hybridized carbons (Fsp3) is 0.600. The van der Waals surface area contributed by atoms with E-state index in [9.17, 15) is 4.79 Å². The third kappa shape index (κ3) is 5.01. The first-order valence-electron chi connectivity index (χ1n) is 7.18. The van der Waals surface area contributed by atoms with Crippen molar-refractivity contribution in [3.05, 3.63) is 22.0 Å². The molecule has 1 aliphatic rings. The molecule has 1 saturated heterocycles. The zero-order chi connectivity index (χ0) is 15.5. The molecular formula is C15H22IN3O2. The number of rotatable bonds is 1. The number of pyridine rings is 1. The first-order valence-corrected chi connectivity index (χ1v) is 8.26. The maximum absolute atomic E-state index is 12.1. The quantitative estimate of drug-likeness (QED) is 0.676. The summed E-state index contributed by atoms with van der Waals surface area (Å²) >= 11 is 2.27. The molecule has 0 aliphatic carbocycles. The van der Waals surface area contributed by atoms with Gasteiger partial charge in [-0.15, -0.1) is 0 Å². The summed E-state index contributed by atoms with van der Waals surface area (Å²) in [4.78, 5) is 20.4. The van der Waals surface area contributed by atoms with Crippen LogP contribution in [0.2, 0.25) is 0 Å². The summed E-state index contributed by atoms with van der Waals surface area (Å²) in [6, 6.07) is 2.12. The van der Waals surface area contributed by atoms with E-state index < -0.39 is 5.60 Å². The van der Waals surface area contributed by atoms with Crippen LogP contribution in [0.15, 0.2) is 18.5 Å². The summed E-state index contributed by atoms with van der Waals surface area (Å²) < 4.78 is 6.57. The maximum atomic E-state index is 12.1. The molecule has 6 heteroatoms. The van der Waals surface area contributed by atoms with Gasteiger partial charge in [0.05, 0.1) is 11.9 Å². The molecule has 1 fully saturated rings. The monoisotopic (exact) mass is 403 g/mol. The molecule has 0 N–H and O–H groups in total. The molecule has 1 amide bonds. The number of halogens is 1. The van der Waals surface area contributed by atoms with Crippen LogP contribution in [0, 0.1) is 3.57 Å². The van der Waals surface area contributed by atoms with Crippen molar-refractivity contribution >= 4 is 34.4 Å². The van der Waals surface area contributed by atoms with Crippen LogP contribution < -0.4 is 4.90 Å². The second-order valence-electron chi connectivity index (χ2n) is 6.17. The van der Waals surface area contributed by atoms with Gasteiger partial charge in [-0.3, -0.25) is 4.98 Å². The van der Waals surface area contributed by atoms with Gasteiger partial charge in [0, 0.05) is 35.9 Å². The number of hydrogen-bond donors (Lipinski definition) is 0. The zero-order valence-electron chi connectivity index (χ0n) is 12.8. The average Bonchev–Trinajstić information content (AvgIpc) is 2.62. The van der Waals surface area contributed by atoms with Gasteiger partial charge in [-0.25, -0.2) is 4.79 Å². The molecule has 0 unspecified atom stereocenters. The first-order chi connectivity index (χ1) is 9.85. The molecule has 0 radical (unpaired) electrons. The van der Waals surface area contributed by atoms with E-state index in [-0.39, 0.29) is 6.09 Å². The molecule has 1 aliphatic heterocycles. The zero-order valence-corrected chi connectivity index (χ0v) is 15.0. The molecule has 1 aromatic rings. The van der Waals surface area contributed by atoms with Crippen molar-refractivity contribution in [3.63, 3.8) is 0 Å². The van der Waals surface area contributed by atoms with E-state index in [2.05, 4.69) is 38.5 Å². The van der Waals surface area contributed by atoms with E-state index in [1.807, 2.05) is 33.2 Å². The largest absolute Gasteiger partial charge is 0.444 e. The Morgan fingerprint density at radius 2 is 2.00 bits per heavy atom. The lowest BCUT2D eigenvalue weighted by Gasteiger charge is -2.26. The van der Waals surface area contributed by atoms with Gasteiger partial charge in [-0.1, -0.05) is 0 Å². The van der Waals surface area contributed by atoms with Crippen molar-refractivity contribution in [1.29, 1.82) is 0 Å². The number of amides is 1. The highest BCUT2D eigenvalue weighted by Gasteiger charge is 2.24. The van der Waals surface area contributed by atoms with Crippen LogP contribution in [-0.2, 0) is 4.74 Å². The minimum Gasteiger partial charge on any atom is -0.444 e. The summed E-state index contributed by atoms with van der Waals surface area (Å²) in [5.41, 5.74) is 0.677. The molecule has 0 bridgehead atoms. The van der Waals surface area contributed by atoms with Gasteiger partial charge >= 0.3 is 6.09 Å². The van der Waals surface area contributed by atoms with Crippen LogP contribution in [0.4, 0.5) is 10.5 Å². The molecule has 1 aromatic heterocycles. The fourth-order valence-electron chi connectivity index (χ4n) is 2.26. The second kappa shape index (κ2) is 6.81. The Kier molecular flexibility index (Phi) is 5.29. The molecule has 5 nitrogen and oxygen atoms in total. The number of anilines is 1. The topological polar surface area (TPSA) is 45.7 Å². The summed E-state index contributed by atoms with van der Waals surface area (Å²) in [5, 5.41) is 0. The summed E-state index contributed by atoms with van der Waals surface area (Å²) in [7, 11) is 0. The van der Waals surface area contributed by atoms with Gasteiger partial charge in [-0.2, -0.15) is 0 Å². The van der Waals surface area contributed by atoms with Crippen LogP contribution >= 0.6 is 22.6 Å². The normalized spacial score (nSPS) is 16.6. The van der Waals surface area contributed by atoms with Gasteiger partial charge in [-0.05, 0) is 55.8 Å². The second-order valence-corrected chi connectivity index (χ2v) is 7.41. The van der Waals surface area contributed by atoms with E-state index >= 15 is 0 Å². The summed E-state index contributed by atoms with van der Waals surface area (Å²) in [5.74, 6) is 0. The Hall–Kier alpha value is -1.05. The lowest BCUT2D eigenvalue weighted by molar-refractivity contribution is 0.0263. The Morgan fingerprint density at radius 3 is 2.67 bits per heavy atom. The van der Waals surface area contributed by atoms with Gasteiger partial charge in [0.1, 0.15) is 5.60 Å². The highest BCUT2D eigenvalue weighted by molar-refractivity contribution is 14.1. The van der Waals surface area contributed by atoms with Crippen molar-refractivity contribution in [1.82, 2.24) is 9.88 Å². The van der Waals surface area contributed by atoms with Crippen LogP contribution in [0.25, 0.3) is 0 Å². The van der Waals surface area contributed by atoms with E-state index in [0.29, 0.717) is 6.54 Å². The minimum atomic E-state index is -0.442. The Bertz CT molecular complexity index is 502. The molecule has 2 heterocycles. The summed E-state index contributed by atoms with van der Waals surface area (Å²) in [6.45, 7) is 8.84. The lowest BCUT2D eigenvalue weighted by atomic mass is 10.2. The van der Waals surface area contributed by atoms with Crippen LogP contribution in [0.3, 0.4) is 0 Å². The Morgan fingerprint density at radius 1 is 1.24 bits per heavy atom. The number of hydrogen-bond acceptors (Lipinski definition) is 4. The number of ether oxygens (including phenoxy) is 1. The molecular weight excluding hydrogens is 381 g/mol.